The Morgan fingerprint density at radius 2 is 1.00 bits per heavy atom. The topological polar surface area (TPSA) is 339 Å². The Hall–Kier alpha value is -7.08. The number of aliphatic hydroxyl groups excluding tert-OH is 4. The molecule has 0 spiro atoms. The van der Waals surface area contributed by atoms with Gasteiger partial charge in [0.1, 0.15) is 0 Å². The van der Waals surface area contributed by atoms with Gasteiger partial charge in [-0.3, -0.25) is 9.80 Å². The number of aliphatic hydroxyl groups is 4. The number of para-hydroxylation sites is 2. The summed E-state index contributed by atoms with van der Waals surface area (Å²) in [5.74, 6) is -6.90. The molecule has 2 aromatic heterocycles. The lowest BCUT2D eigenvalue weighted by atomic mass is 9.74. The van der Waals surface area contributed by atoms with Crippen molar-refractivity contribution in [2.24, 2.45) is 23.7 Å². The minimum atomic E-state index is -2.27. The average Bonchev–Trinajstić information content (AvgIpc) is 3.99. The Morgan fingerprint density at radius 3 is 1.36 bits per heavy atom. The van der Waals surface area contributed by atoms with Crippen LogP contribution in [0.25, 0.3) is 21.8 Å². The third kappa shape index (κ3) is 13.0. The normalized spacial score (nSPS) is 23.0. The van der Waals surface area contributed by atoms with E-state index >= 15 is 0 Å². The highest BCUT2D eigenvalue weighted by atomic mass is 16.5. The lowest BCUT2D eigenvalue weighted by Gasteiger charge is -2.46. The first-order valence-corrected chi connectivity index (χ1v) is 23.8. The van der Waals surface area contributed by atoms with Crippen LogP contribution in [0.15, 0.2) is 84.9 Å². The Balaban J connectivity index is 0.000000203. The minimum Gasteiger partial charge on any atom is -0.504 e. The van der Waals surface area contributed by atoms with Gasteiger partial charge in [0.15, 0.2) is 24.4 Å². The summed E-state index contributed by atoms with van der Waals surface area (Å²) in [7, 11) is 6.02. The van der Waals surface area contributed by atoms with Crippen molar-refractivity contribution in [3.05, 3.63) is 107 Å². The summed E-state index contributed by atoms with van der Waals surface area (Å²) in [6.07, 6.45) is 0.922. The average molecular weight is 1040 g/mol. The Kier molecular flexibility index (Phi) is 20.5. The molecule has 0 radical (unpaired) electrons. The summed E-state index contributed by atoms with van der Waals surface area (Å²) in [4.78, 5) is 76.3. The van der Waals surface area contributed by atoms with Gasteiger partial charge in [0.25, 0.3) is 0 Å². The molecule has 4 aliphatic heterocycles. The number of carbonyl (C=O) groups excluding carboxylic acids is 2. The molecule has 0 saturated carbocycles. The molecule has 0 aliphatic carbocycles. The number of H-pyrrole nitrogens is 2. The maximum atomic E-state index is 12.4. The van der Waals surface area contributed by atoms with Crippen molar-refractivity contribution in [3.63, 3.8) is 0 Å². The van der Waals surface area contributed by atoms with Crippen LogP contribution >= 0.6 is 0 Å². The van der Waals surface area contributed by atoms with Crippen LogP contribution in [-0.2, 0) is 60.6 Å². The minimum absolute atomic E-state index is 0.0218. The molecule has 2 fully saturated rings. The van der Waals surface area contributed by atoms with Gasteiger partial charge in [0, 0.05) is 65.3 Å². The summed E-state index contributed by atoms with van der Waals surface area (Å²) in [5, 5.41) is 67.7. The van der Waals surface area contributed by atoms with Gasteiger partial charge in [-0.1, -0.05) is 55.8 Å². The SMILES string of the molecule is C=C[C@H]1CN2CCc3c([nH]c4ccccc34)[C@@H]2C[C@@H]1/C(=C\OC)C(=O)OC.CC[C@H]1CN2CCc3c([nH]c4ccccc34)[C@@H]2C[C@@H]1/C(=C\OC)C(=O)OC.O=C(O)C(O)C(O)C(=O)O.O=C(O)C(O)C(O)C(=O)O. The second kappa shape index (κ2) is 26.2. The molecule has 0 bridgehead atoms. The van der Waals surface area contributed by atoms with Crippen molar-refractivity contribution >= 4 is 57.6 Å². The number of aliphatic carboxylic acids is 4. The number of ether oxygens (including phenoxy) is 4. The molecule has 4 aliphatic rings. The smallest absolute Gasteiger partial charge is 0.337 e. The second-order valence-electron chi connectivity index (χ2n) is 18.1. The van der Waals surface area contributed by atoms with Crippen LogP contribution < -0.4 is 0 Å². The number of aromatic amines is 2. The maximum Gasteiger partial charge on any atom is 0.337 e. The molecule has 4 unspecified atom stereocenters. The van der Waals surface area contributed by atoms with Crippen molar-refractivity contribution in [1.29, 1.82) is 0 Å². The molecular weight excluding hydrogens is 969 g/mol. The molecule has 22 heteroatoms. The van der Waals surface area contributed by atoms with E-state index in [0.29, 0.717) is 23.1 Å². The Morgan fingerprint density at radius 1 is 0.622 bits per heavy atom. The highest BCUT2D eigenvalue weighted by Crippen LogP contribution is 2.47. The molecule has 6 heterocycles. The number of hydrogen-bond acceptors (Lipinski definition) is 16. The monoisotopic (exact) mass is 1030 g/mol. The number of nitrogens with one attached hydrogen (secondary N) is 2. The predicted molar refractivity (Wildman–Crippen MR) is 265 cm³/mol. The number of carbonyl (C=O) groups is 6. The van der Waals surface area contributed by atoms with Crippen molar-refractivity contribution in [1.82, 2.24) is 19.8 Å². The van der Waals surface area contributed by atoms with Gasteiger partial charge in [0.2, 0.25) is 0 Å². The van der Waals surface area contributed by atoms with Crippen LogP contribution in [0, 0.1) is 23.7 Å². The highest BCUT2D eigenvalue weighted by molar-refractivity contribution is 5.90. The van der Waals surface area contributed by atoms with Crippen LogP contribution in [0.2, 0.25) is 0 Å². The van der Waals surface area contributed by atoms with Gasteiger partial charge >= 0.3 is 35.8 Å². The lowest BCUT2D eigenvalue weighted by Crippen LogP contribution is -2.47. The van der Waals surface area contributed by atoms with Crippen LogP contribution in [0.1, 0.15) is 60.8 Å². The Labute approximate surface area is 426 Å². The first-order valence-electron chi connectivity index (χ1n) is 23.8. The first-order chi connectivity index (χ1) is 35.3. The number of fused-ring (bicyclic) bond motifs is 10. The summed E-state index contributed by atoms with van der Waals surface area (Å²) in [6, 6.07) is 17.6. The second-order valence-corrected chi connectivity index (χ2v) is 18.1. The van der Waals surface area contributed by atoms with Crippen molar-refractivity contribution in [2.75, 3.05) is 54.6 Å². The van der Waals surface area contributed by atoms with Crippen LogP contribution in [0.5, 0.6) is 0 Å². The number of piperidine rings is 2. The molecule has 402 valence electrons. The van der Waals surface area contributed by atoms with Gasteiger partial charge < -0.3 is 69.8 Å². The number of rotatable bonds is 14. The summed E-state index contributed by atoms with van der Waals surface area (Å²) in [6.45, 7) is 10.2. The quantitative estimate of drug-likeness (QED) is 0.0375. The van der Waals surface area contributed by atoms with E-state index in [1.54, 1.807) is 20.5 Å². The number of esters is 2. The van der Waals surface area contributed by atoms with Crippen molar-refractivity contribution in [3.8, 4) is 0 Å². The standard InChI is InChI=1S/C22H28N2O3.C22H26N2O3.2C4H6O6/c2*1-4-14-12-24-10-9-16-15-7-5-6-8-19(15)23-21(16)20(24)11-17(14)18(13-26-2)22(25)27-3;2*5-1(3(7)8)2(6)4(9)10/h5-8,13-14,17,20,23H,4,9-12H2,1-3H3;4-8,13-14,17,20,23H,1,9-12H2,2-3H3;2*1-2,5-6H,(H,7,8)(H,9,10)/b2*18-13+;;/t2*14-,17-,20-;;/m00../s1. The van der Waals surface area contributed by atoms with E-state index in [2.05, 4.69) is 81.8 Å². The largest absolute Gasteiger partial charge is 0.504 e. The number of carboxylic acid groups (broad SMARTS) is 4. The molecular formula is C52H66N4O18. The van der Waals surface area contributed by atoms with E-state index in [1.165, 1.54) is 64.8 Å². The number of hydrogen-bond donors (Lipinski definition) is 10. The summed E-state index contributed by atoms with van der Waals surface area (Å²) < 4.78 is 20.5. The molecule has 0 amide bonds. The van der Waals surface area contributed by atoms with Crippen molar-refractivity contribution in [2.45, 2.75) is 75.5 Å². The van der Waals surface area contributed by atoms with Crippen LogP contribution in [0.4, 0.5) is 0 Å². The number of nitrogens with zero attached hydrogens (tertiary/aromatic N) is 2. The molecule has 2 aromatic carbocycles. The predicted octanol–water partition coefficient (Wildman–Crippen LogP) is 3.16. The fraction of sp³-hybridized carbons (Fsp3) is 0.462. The molecule has 4 aromatic rings. The third-order valence-corrected chi connectivity index (χ3v) is 14.1. The third-order valence-electron chi connectivity index (χ3n) is 14.1. The van der Waals surface area contributed by atoms with Gasteiger partial charge in [-0.2, -0.15) is 0 Å². The number of aromatic nitrogens is 2. The molecule has 74 heavy (non-hydrogen) atoms. The van der Waals surface area contributed by atoms with E-state index in [0.717, 1.165) is 58.3 Å². The molecule has 8 rings (SSSR count). The number of benzene rings is 2. The molecule has 10 atom stereocenters. The fourth-order valence-corrected chi connectivity index (χ4v) is 10.4. The summed E-state index contributed by atoms with van der Waals surface area (Å²) >= 11 is 0. The van der Waals surface area contributed by atoms with E-state index in [4.69, 9.17) is 59.8 Å². The Bertz CT molecular complexity index is 2640. The van der Waals surface area contributed by atoms with E-state index in [-0.39, 0.29) is 35.7 Å². The lowest BCUT2D eigenvalue weighted by molar-refractivity contribution is -0.165. The number of methoxy groups -OCH3 is 4. The highest BCUT2D eigenvalue weighted by Gasteiger charge is 2.44. The van der Waals surface area contributed by atoms with E-state index in [9.17, 15) is 28.8 Å². The van der Waals surface area contributed by atoms with Gasteiger partial charge in [0.05, 0.1) is 64.2 Å². The van der Waals surface area contributed by atoms with Crippen LogP contribution in [0.3, 0.4) is 0 Å². The number of carboxylic acids is 4. The van der Waals surface area contributed by atoms with E-state index < -0.39 is 48.3 Å². The fourth-order valence-electron chi connectivity index (χ4n) is 10.4. The maximum absolute atomic E-state index is 12.4. The first kappa shape index (κ1) is 57.8. The van der Waals surface area contributed by atoms with Gasteiger partial charge in [-0.15, -0.1) is 6.58 Å². The van der Waals surface area contributed by atoms with E-state index in [1.807, 2.05) is 6.08 Å². The zero-order chi connectivity index (χ0) is 54.6. The van der Waals surface area contributed by atoms with Crippen LogP contribution in [-0.4, -0.2) is 175 Å². The van der Waals surface area contributed by atoms with Gasteiger partial charge in [-0.05, 0) is 66.7 Å². The zero-order valence-corrected chi connectivity index (χ0v) is 41.8. The summed E-state index contributed by atoms with van der Waals surface area (Å²) in [5.41, 5.74) is 9.11. The molecule has 2 saturated heterocycles. The van der Waals surface area contributed by atoms with Crippen molar-refractivity contribution < 1.29 is 88.6 Å². The van der Waals surface area contributed by atoms with Gasteiger partial charge in [-0.25, -0.2) is 28.8 Å². The molecule has 22 nitrogen and oxygen atoms in total. The zero-order valence-electron chi connectivity index (χ0n) is 41.8. The molecule has 10 N–H and O–H groups in total.